The summed E-state index contributed by atoms with van der Waals surface area (Å²) in [5.74, 6) is 1.77. The Morgan fingerprint density at radius 3 is 2.69 bits per heavy atom. The first-order valence-electron chi connectivity index (χ1n) is 6.42. The van der Waals surface area contributed by atoms with Gasteiger partial charge >= 0.3 is 0 Å². The Bertz CT molecular complexity index is 366. The first-order chi connectivity index (χ1) is 7.68. The van der Waals surface area contributed by atoms with Gasteiger partial charge in [-0.3, -0.25) is 0 Å². The van der Waals surface area contributed by atoms with Crippen molar-refractivity contribution in [2.24, 2.45) is 5.92 Å². The average molecular weight is 218 g/mol. The highest BCUT2D eigenvalue weighted by Gasteiger charge is 2.16. The molecule has 1 nitrogen and oxygen atoms in total. The Kier molecular flexibility index (Phi) is 3.52. The molecule has 0 aliphatic heterocycles. The van der Waals surface area contributed by atoms with E-state index in [1.807, 2.05) is 0 Å². The van der Waals surface area contributed by atoms with Crippen LogP contribution >= 0.6 is 0 Å². The lowest BCUT2D eigenvalue weighted by Gasteiger charge is -2.22. The molecule has 0 spiro atoms. The molecule has 0 bridgehead atoms. The van der Waals surface area contributed by atoms with E-state index < -0.39 is 0 Å². The Morgan fingerprint density at radius 1 is 1.19 bits per heavy atom. The van der Waals surface area contributed by atoms with Crippen LogP contribution in [0.4, 0.5) is 0 Å². The number of aryl methyl sites for hydroxylation is 2. The van der Waals surface area contributed by atoms with Crippen molar-refractivity contribution in [2.75, 3.05) is 6.61 Å². The van der Waals surface area contributed by atoms with Gasteiger partial charge in [-0.25, -0.2) is 0 Å². The van der Waals surface area contributed by atoms with Crippen LogP contribution in [-0.4, -0.2) is 6.61 Å². The first-order valence-corrected chi connectivity index (χ1v) is 6.42. The first kappa shape index (κ1) is 11.5. The maximum Gasteiger partial charge on any atom is 0.125 e. The number of hydrogen-bond acceptors (Lipinski definition) is 1. The molecule has 0 radical (unpaired) electrons. The zero-order valence-electron chi connectivity index (χ0n) is 10.7. The third kappa shape index (κ3) is 2.40. The molecule has 0 saturated heterocycles. The van der Waals surface area contributed by atoms with Crippen molar-refractivity contribution < 1.29 is 4.74 Å². The molecule has 0 N–H and O–H groups in total. The molecule has 1 aliphatic rings. The number of ether oxygens (including phenoxy) is 1. The quantitative estimate of drug-likeness (QED) is 0.747. The highest BCUT2D eigenvalue weighted by Crippen LogP contribution is 2.32. The zero-order valence-corrected chi connectivity index (χ0v) is 10.7. The summed E-state index contributed by atoms with van der Waals surface area (Å²) >= 11 is 0. The second-order valence-electron chi connectivity index (χ2n) is 5.26. The second kappa shape index (κ2) is 4.90. The molecular formula is C15H22O. The van der Waals surface area contributed by atoms with E-state index in [0.29, 0.717) is 5.92 Å². The molecule has 1 aromatic rings. The third-order valence-electron chi connectivity index (χ3n) is 3.24. The average Bonchev–Trinajstić information content (AvgIpc) is 2.27. The molecule has 0 unspecified atom stereocenters. The van der Waals surface area contributed by atoms with Gasteiger partial charge in [0.15, 0.2) is 0 Å². The van der Waals surface area contributed by atoms with Gasteiger partial charge in [0.25, 0.3) is 0 Å². The van der Waals surface area contributed by atoms with E-state index in [9.17, 15) is 0 Å². The molecule has 0 fully saturated rings. The summed E-state index contributed by atoms with van der Waals surface area (Å²) < 4.78 is 6.00. The summed E-state index contributed by atoms with van der Waals surface area (Å²) in [4.78, 5) is 0. The van der Waals surface area contributed by atoms with Gasteiger partial charge in [-0.1, -0.05) is 26.0 Å². The maximum atomic E-state index is 6.00. The van der Waals surface area contributed by atoms with Gasteiger partial charge in [-0.15, -0.1) is 0 Å². The van der Waals surface area contributed by atoms with Gasteiger partial charge < -0.3 is 4.74 Å². The minimum absolute atomic E-state index is 0.596. The molecule has 0 aromatic heterocycles. The molecular weight excluding hydrogens is 196 g/mol. The summed E-state index contributed by atoms with van der Waals surface area (Å²) in [6, 6.07) is 4.49. The predicted molar refractivity (Wildman–Crippen MR) is 68.2 cm³/mol. The van der Waals surface area contributed by atoms with Crippen LogP contribution in [0.5, 0.6) is 5.75 Å². The normalized spacial score (nSPS) is 15.0. The molecule has 0 heterocycles. The lowest BCUT2D eigenvalue weighted by molar-refractivity contribution is 0.266. The summed E-state index contributed by atoms with van der Waals surface area (Å²) in [6.07, 6.45) is 5.08. The molecule has 0 amide bonds. The fourth-order valence-electron chi connectivity index (χ4n) is 2.36. The van der Waals surface area contributed by atoms with E-state index in [2.05, 4.69) is 32.9 Å². The highest BCUT2D eigenvalue weighted by atomic mass is 16.5. The van der Waals surface area contributed by atoms with Gasteiger partial charge in [-0.05, 0) is 55.2 Å². The number of benzene rings is 1. The van der Waals surface area contributed by atoms with Gasteiger partial charge in [-0.2, -0.15) is 0 Å². The van der Waals surface area contributed by atoms with Crippen molar-refractivity contribution in [2.45, 2.75) is 46.5 Å². The minimum Gasteiger partial charge on any atom is -0.493 e. The molecule has 1 heteroatoms. The predicted octanol–water partition coefficient (Wildman–Crippen LogP) is 3.91. The smallest absolute Gasteiger partial charge is 0.125 e. The third-order valence-corrected chi connectivity index (χ3v) is 3.24. The van der Waals surface area contributed by atoms with Crippen LogP contribution in [0.3, 0.4) is 0 Å². The van der Waals surface area contributed by atoms with Crippen LogP contribution in [0.15, 0.2) is 12.1 Å². The van der Waals surface area contributed by atoms with E-state index >= 15 is 0 Å². The van der Waals surface area contributed by atoms with Crippen molar-refractivity contribution in [3.63, 3.8) is 0 Å². The second-order valence-corrected chi connectivity index (χ2v) is 5.26. The minimum atomic E-state index is 0.596. The lowest BCUT2D eigenvalue weighted by atomic mass is 9.89. The summed E-state index contributed by atoms with van der Waals surface area (Å²) in [6.45, 7) is 7.39. The highest BCUT2D eigenvalue weighted by molar-refractivity contribution is 5.47. The van der Waals surface area contributed by atoms with Crippen molar-refractivity contribution in [3.05, 3.63) is 28.8 Å². The van der Waals surface area contributed by atoms with E-state index in [1.54, 1.807) is 0 Å². The van der Waals surface area contributed by atoms with Crippen molar-refractivity contribution in [3.8, 4) is 5.75 Å². The summed E-state index contributed by atoms with van der Waals surface area (Å²) in [5.41, 5.74) is 4.28. The van der Waals surface area contributed by atoms with Crippen LogP contribution in [0.2, 0.25) is 0 Å². The molecule has 1 aromatic carbocycles. The van der Waals surface area contributed by atoms with E-state index in [-0.39, 0.29) is 0 Å². The van der Waals surface area contributed by atoms with Gasteiger partial charge in [0.1, 0.15) is 5.75 Å². The number of hydrogen-bond donors (Lipinski definition) is 0. The molecule has 16 heavy (non-hydrogen) atoms. The number of fused-ring (bicyclic) bond motifs is 1. The van der Waals surface area contributed by atoms with Crippen molar-refractivity contribution >= 4 is 0 Å². The molecule has 2 rings (SSSR count). The van der Waals surface area contributed by atoms with Crippen LogP contribution in [0, 0.1) is 12.8 Å². The largest absolute Gasteiger partial charge is 0.493 e. The van der Waals surface area contributed by atoms with Gasteiger partial charge in [0.2, 0.25) is 0 Å². The Labute approximate surface area is 98.8 Å². The monoisotopic (exact) mass is 218 g/mol. The van der Waals surface area contributed by atoms with Gasteiger partial charge in [0, 0.05) is 0 Å². The standard InChI is InChI=1S/C15H22O/c1-11(2)10-16-15-12(3)8-9-13-6-4-5-7-14(13)15/h8-9,11H,4-7,10H2,1-3H3. The van der Waals surface area contributed by atoms with Gasteiger partial charge in [0.05, 0.1) is 6.61 Å². The SMILES string of the molecule is Cc1ccc2c(c1OCC(C)C)CCCC2. The van der Waals surface area contributed by atoms with Crippen molar-refractivity contribution in [1.29, 1.82) is 0 Å². The Morgan fingerprint density at radius 2 is 1.94 bits per heavy atom. The van der Waals surface area contributed by atoms with Crippen molar-refractivity contribution in [1.82, 2.24) is 0 Å². The van der Waals surface area contributed by atoms with E-state index in [1.165, 1.54) is 48.1 Å². The fourth-order valence-corrected chi connectivity index (χ4v) is 2.36. The van der Waals surface area contributed by atoms with Crippen LogP contribution in [0.25, 0.3) is 0 Å². The lowest BCUT2D eigenvalue weighted by Crippen LogP contribution is -2.11. The fraction of sp³-hybridized carbons (Fsp3) is 0.600. The molecule has 0 saturated carbocycles. The molecule has 1 aliphatic carbocycles. The molecule has 0 atom stereocenters. The summed E-state index contributed by atoms with van der Waals surface area (Å²) in [5, 5.41) is 0. The van der Waals surface area contributed by atoms with Crippen LogP contribution < -0.4 is 4.74 Å². The van der Waals surface area contributed by atoms with Crippen LogP contribution in [0.1, 0.15) is 43.4 Å². The van der Waals surface area contributed by atoms with E-state index in [4.69, 9.17) is 4.74 Å². The van der Waals surface area contributed by atoms with Crippen LogP contribution in [-0.2, 0) is 12.8 Å². The zero-order chi connectivity index (χ0) is 11.5. The summed E-state index contributed by atoms with van der Waals surface area (Å²) in [7, 11) is 0. The maximum absolute atomic E-state index is 6.00. The van der Waals surface area contributed by atoms with E-state index in [0.717, 1.165) is 6.61 Å². The Hall–Kier alpha value is -0.980. The number of rotatable bonds is 3. The topological polar surface area (TPSA) is 9.23 Å². The molecule has 88 valence electrons. The Balaban J connectivity index is 2.27.